The highest BCUT2D eigenvalue weighted by atomic mass is 32.3. The Morgan fingerprint density at radius 3 is 2.68 bits per heavy atom. The summed E-state index contributed by atoms with van der Waals surface area (Å²) in [4.78, 5) is 21.4. The second-order valence-electron chi connectivity index (χ2n) is 9.03. The molecular formula is C27H21FN4O4S. The number of terminal acetylenes is 1. The molecule has 10 heteroatoms. The lowest BCUT2D eigenvalue weighted by Crippen LogP contribution is -2.44. The van der Waals surface area contributed by atoms with E-state index in [9.17, 15) is 17.1 Å². The van der Waals surface area contributed by atoms with Gasteiger partial charge in [-0.05, 0) is 47.9 Å². The smallest absolute Gasteiger partial charge is 0.357 e. The number of aromatic nitrogens is 3. The van der Waals surface area contributed by atoms with Crippen LogP contribution in [-0.4, -0.2) is 36.0 Å². The quantitative estimate of drug-likeness (QED) is 0.270. The van der Waals surface area contributed by atoms with Crippen molar-refractivity contribution >= 4 is 43.3 Å². The number of aromatic amines is 1. The Hall–Kier alpha value is -4.20. The molecule has 0 atom stereocenters. The first-order valence-corrected chi connectivity index (χ1v) is 13.0. The highest BCUT2D eigenvalue weighted by Crippen LogP contribution is 2.35. The van der Waals surface area contributed by atoms with E-state index >= 15 is 0 Å². The number of benzene rings is 2. The number of hydrogen-bond acceptors (Lipinski definition) is 6. The number of halogens is 1. The maximum atomic E-state index is 13.9. The molecular weight excluding hydrogens is 495 g/mol. The molecule has 0 radical (unpaired) electrons. The van der Waals surface area contributed by atoms with Crippen LogP contribution in [0.4, 0.5) is 3.89 Å². The molecule has 0 spiro atoms. The Bertz CT molecular complexity index is 1950. The molecule has 0 unspecified atom stereocenters. The van der Waals surface area contributed by atoms with Gasteiger partial charge >= 0.3 is 10.5 Å². The van der Waals surface area contributed by atoms with Crippen LogP contribution in [0.3, 0.4) is 0 Å². The van der Waals surface area contributed by atoms with Crippen LogP contribution in [0.1, 0.15) is 24.1 Å². The average molecular weight is 517 g/mol. The van der Waals surface area contributed by atoms with Gasteiger partial charge in [-0.2, -0.15) is 8.42 Å². The summed E-state index contributed by atoms with van der Waals surface area (Å²) in [5, 5.41) is 5.29. The maximum Gasteiger partial charge on any atom is 0.488 e. The number of aryl methyl sites for hydroxylation is 1. The molecule has 2 N–H and O–H groups in total. The van der Waals surface area contributed by atoms with Crippen LogP contribution in [-0.2, 0) is 16.9 Å². The van der Waals surface area contributed by atoms with Crippen LogP contribution in [0.5, 0.6) is 5.75 Å². The van der Waals surface area contributed by atoms with E-state index < -0.39 is 10.5 Å². The van der Waals surface area contributed by atoms with Crippen LogP contribution in [0.25, 0.3) is 44.0 Å². The molecule has 1 aliphatic heterocycles. The standard InChI is InChI=1S/C27H21FN4O4S/c1-3-15-5-6-20-23(7-15)31-27-25(20)26(33)22-9-16(4-2)21(10-24(22)32(27)18-12-30-13-18)17-8-19(14-29-11-17)36-37(28,34)35/h1,5-11,14,18,30-31H,4,12-13H2,2H3. The molecule has 6 rings (SSSR count). The van der Waals surface area contributed by atoms with Crippen molar-refractivity contribution in [3.05, 3.63) is 70.1 Å². The van der Waals surface area contributed by atoms with Crippen molar-refractivity contribution in [2.45, 2.75) is 19.4 Å². The fraction of sp³-hybridized carbons (Fsp3) is 0.185. The van der Waals surface area contributed by atoms with Crippen LogP contribution < -0.4 is 14.9 Å². The summed E-state index contributed by atoms with van der Waals surface area (Å²) in [6.07, 6.45) is 8.87. The van der Waals surface area contributed by atoms with Gasteiger partial charge in [-0.3, -0.25) is 9.78 Å². The van der Waals surface area contributed by atoms with Gasteiger partial charge in [-0.15, -0.1) is 6.42 Å². The summed E-state index contributed by atoms with van der Waals surface area (Å²) in [6.45, 7) is 3.44. The first kappa shape index (κ1) is 23.2. The zero-order valence-corrected chi connectivity index (χ0v) is 20.5. The molecule has 1 saturated heterocycles. The minimum absolute atomic E-state index is 0.0896. The summed E-state index contributed by atoms with van der Waals surface area (Å²) >= 11 is 0. The van der Waals surface area contributed by atoms with Crippen molar-refractivity contribution in [3.63, 3.8) is 0 Å². The van der Waals surface area contributed by atoms with E-state index in [-0.39, 0.29) is 17.2 Å². The van der Waals surface area contributed by atoms with Gasteiger partial charge in [0.2, 0.25) is 0 Å². The van der Waals surface area contributed by atoms with Gasteiger partial charge in [0.1, 0.15) is 5.65 Å². The van der Waals surface area contributed by atoms with Crippen molar-refractivity contribution in [1.82, 2.24) is 19.9 Å². The highest BCUT2D eigenvalue weighted by Gasteiger charge is 2.26. The zero-order valence-electron chi connectivity index (χ0n) is 19.7. The molecule has 0 bridgehead atoms. The third-order valence-electron chi connectivity index (χ3n) is 6.87. The number of pyridine rings is 2. The normalized spacial score (nSPS) is 14.2. The van der Waals surface area contributed by atoms with Crippen LogP contribution >= 0.6 is 0 Å². The molecule has 186 valence electrons. The highest BCUT2D eigenvalue weighted by molar-refractivity contribution is 7.81. The number of nitrogens with one attached hydrogen (secondary N) is 2. The fourth-order valence-corrected chi connectivity index (χ4v) is 5.40. The Labute approximate surface area is 211 Å². The van der Waals surface area contributed by atoms with Gasteiger partial charge in [-0.25, -0.2) is 0 Å². The summed E-state index contributed by atoms with van der Waals surface area (Å²) < 4.78 is 41.7. The largest absolute Gasteiger partial charge is 0.488 e. The van der Waals surface area contributed by atoms with E-state index in [0.717, 1.165) is 46.8 Å². The summed E-state index contributed by atoms with van der Waals surface area (Å²) in [7, 11) is -5.20. The third kappa shape index (κ3) is 3.84. The van der Waals surface area contributed by atoms with Gasteiger partial charge in [-0.1, -0.05) is 22.8 Å². The minimum atomic E-state index is -5.20. The molecule has 5 aromatic rings. The average Bonchev–Trinajstić information content (AvgIpc) is 3.22. The monoisotopic (exact) mass is 516 g/mol. The van der Waals surface area contributed by atoms with Gasteiger partial charge in [0.25, 0.3) is 0 Å². The molecule has 2 aromatic carbocycles. The van der Waals surface area contributed by atoms with Crippen molar-refractivity contribution in [2.75, 3.05) is 13.1 Å². The Morgan fingerprint density at radius 1 is 1.19 bits per heavy atom. The molecule has 0 aliphatic carbocycles. The number of H-pyrrole nitrogens is 1. The lowest BCUT2D eigenvalue weighted by Gasteiger charge is -2.32. The molecule has 1 aliphatic rings. The molecule has 0 saturated carbocycles. The third-order valence-corrected chi connectivity index (χ3v) is 7.26. The van der Waals surface area contributed by atoms with Crippen molar-refractivity contribution in [1.29, 1.82) is 0 Å². The number of nitrogens with zero attached hydrogens (tertiary/aromatic N) is 2. The Kier molecular flexibility index (Phi) is 5.29. The molecule has 4 heterocycles. The van der Waals surface area contributed by atoms with Gasteiger partial charge < -0.3 is 19.1 Å². The molecule has 1 fully saturated rings. The molecule has 3 aromatic heterocycles. The maximum absolute atomic E-state index is 13.9. The SMILES string of the molecule is C#Cc1ccc2c(c1)[nH]c1c2c(=O)c2cc(CC)c(-c3cncc(OS(=O)(=O)F)c3)cc2n1C1CNC1. The second-order valence-corrected chi connectivity index (χ2v) is 9.98. The fourth-order valence-electron chi connectivity index (χ4n) is 5.08. The van der Waals surface area contributed by atoms with E-state index in [4.69, 9.17) is 6.42 Å². The second kappa shape index (κ2) is 8.44. The van der Waals surface area contributed by atoms with Crippen molar-refractivity contribution in [2.24, 2.45) is 0 Å². The van der Waals surface area contributed by atoms with Crippen molar-refractivity contribution in [3.8, 4) is 29.2 Å². The predicted octanol–water partition coefficient (Wildman–Crippen LogP) is 3.98. The van der Waals surface area contributed by atoms with Gasteiger partial charge in [0.05, 0.1) is 23.1 Å². The lowest BCUT2D eigenvalue weighted by atomic mass is 9.95. The number of hydrogen-bond donors (Lipinski definition) is 2. The van der Waals surface area contributed by atoms with Gasteiger partial charge in [0.15, 0.2) is 11.2 Å². The molecule has 37 heavy (non-hydrogen) atoms. The molecule has 8 nitrogen and oxygen atoms in total. The van der Waals surface area contributed by atoms with Crippen LogP contribution in [0.2, 0.25) is 0 Å². The number of fused-ring (bicyclic) bond motifs is 4. The van der Waals surface area contributed by atoms with E-state index in [1.54, 1.807) is 6.20 Å². The Balaban J connectivity index is 1.68. The summed E-state index contributed by atoms with van der Waals surface area (Å²) in [5.74, 6) is 2.40. The minimum Gasteiger partial charge on any atom is -0.357 e. The van der Waals surface area contributed by atoms with Crippen LogP contribution in [0, 0.1) is 12.3 Å². The first-order valence-electron chi connectivity index (χ1n) is 11.7. The van der Waals surface area contributed by atoms with E-state index in [1.807, 2.05) is 37.3 Å². The topological polar surface area (TPSA) is 106 Å². The number of rotatable bonds is 5. The summed E-state index contributed by atoms with van der Waals surface area (Å²) in [5.41, 5.74) is 5.00. The first-order chi connectivity index (χ1) is 17.8. The van der Waals surface area contributed by atoms with Gasteiger partial charge in [0, 0.05) is 46.7 Å². The van der Waals surface area contributed by atoms with E-state index in [0.29, 0.717) is 34.0 Å². The zero-order chi connectivity index (χ0) is 25.9. The summed E-state index contributed by atoms with van der Waals surface area (Å²) in [6, 6.07) is 10.9. The Morgan fingerprint density at radius 2 is 2.00 bits per heavy atom. The van der Waals surface area contributed by atoms with E-state index in [1.165, 1.54) is 6.07 Å². The molecule has 0 amide bonds. The van der Waals surface area contributed by atoms with Crippen molar-refractivity contribution < 1.29 is 16.5 Å². The lowest BCUT2D eigenvalue weighted by molar-refractivity contribution is 0.357. The van der Waals surface area contributed by atoms with E-state index in [2.05, 4.69) is 30.0 Å². The van der Waals surface area contributed by atoms with Crippen LogP contribution in [0.15, 0.2) is 53.6 Å². The predicted molar refractivity (Wildman–Crippen MR) is 141 cm³/mol.